The minimum atomic E-state index is -3.11. The topological polar surface area (TPSA) is 102 Å². The van der Waals surface area contributed by atoms with Crippen molar-refractivity contribution >= 4 is 15.7 Å². The summed E-state index contributed by atoms with van der Waals surface area (Å²) >= 11 is 0. The number of hydrogen-bond donors (Lipinski definition) is 1. The van der Waals surface area contributed by atoms with Gasteiger partial charge in [-0.25, -0.2) is 8.42 Å². The van der Waals surface area contributed by atoms with E-state index in [0.29, 0.717) is 26.3 Å². The fraction of sp³-hybridized carbons (Fsp3) is 0.632. The average molecular weight is 412 g/mol. The van der Waals surface area contributed by atoms with Gasteiger partial charge in [0.2, 0.25) is 5.91 Å². The van der Waals surface area contributed by atoms with Crippen LogP contribution in [0, 0.1) is 0 Å². The van der Waals surface area contributed by atoms with E-state index in [4.69, 9.17) is 15.2 Å². The second-order valence-corrected chi connectivity index (χ2v) is 9.68. The van der Waals surface area contributed by atoms with Crippen LogP contribution < -0.4 is 15.2 Å². The third kappa shape index (κ3) is 5.36. The minimum Gasteiger partial charge on any atom is -0.486 e. The second-order valence-electron chi connectivity index (χ2n) is 7.21. The van der Waals surface area contributed by atoms with Gasteiger partial charge in [0, 0.05) is 38.5 Å². The molecule has 1 unspecified atom stereocenters. The Kier molecular flexibility index (Phi) is 6.79. The van der Waals surface area contributed by atoms with Gasteiger partial charge in [-0.3, -0.25) is 9.69 Å². The molecule has 0 bridgehead atoms. The van der Waals surface area contributed by atoms with Crippen molar-refractivity contribution < 1.29 is 22.7 Å². The summed E-state index contributed by atoms with van der Waals surface area (Å²) in [6, 6.07) is 5.23. The number of piperazine rings is 1. The Morgan fingerprint density at radius 1 is 1.14 bits per heavy atom. The number of benzene rings is 1. The molecule has 8 nitrogen and oxygen atoms in total. The van der Waals surface area contributed by atoms with E-state index >= 15 is 0 Å². The highest BCUT2D eigenvalue weighted by Gasteiger charge is 2.26. The number of ether oxygens (including phenoxy) is 2. The lowest BCUT2D eigenvalue weighted by atomic mass is 10.1. The zero-order valence-electron chi connectivity index (χ0n) is 16.3. The summed E-state index contributed by atoms with van der Waals surface area (Å²) in [6.07, 6.45) is 0.173. The van der Waals surface area contributed by atoms with E-state index in [1.165, 1.54) is 0 Å². The van der Waals surface area contributed by atoms with Crippen LogP contribution in [0.5, 0.6) is 11.5 Å². The van der Waals surface area contributed by atoms with Crippen molar-refractivity contribution in [1.29, 1.82) is 0 Å². The maximum Gasteiger partial charge on any atom is 0.239 e. The number of hydrogen-bond acceptors (Lipinski definition) is 7. The van der Waals surface area contributed by atoms with E-state index in [1.54, 1.807) is 11.8 Å². The maximum atomic E-state index is 12.5. The van der Waals surface area contributed by atoms with Crippen molar-refractivity contribution in [1.82, 2.24) is 9.80 Å². The van der Waals surface area contributed by atoms with Gasteiger partial charge >= 0.3 is 0 Å². The summed E-state index contributed by atoms with van der Waals surface area (Å²) in [4.78, 5) is 16.5. The van der Waals surface area contributed by atoms with Crippen LogP contribution >= 0.6 is 0 Å². The lowest BCUT2D eigenvalue weighted by Gasteiger charge is -2.36. The van der Waals surface area contributed by atoms with Crippen molar-refractivity contribution in [3.63, 3.8) is 0 Å². The van der Waals surface area contributed by atoms with Gasteiger partial charge in [-0.2, -0.15) is 0 Å². The van der Waals surface area contributed by atoms with Crippen molar-refractivity contribution in [2.45, 2.75) is 25.9 Å². The van der Waals surface area contributed by atoms with Crippen molar-refractivity contribution in [2.24, 2.45) is 5.73 Å². The Bertz CT molecular complexity index is 791. The summed E-state index contributed by atoms with van der Waals surface area (Å²) in [5.74, 6) is 1.44. The normalized spacial score (nSPS) is 18.7. The van der Waals surface area contributed by atoms with E-state index in [2.05, 4.69) is 4.90 Å². The molecule has 1 aromatic carbocycles. The van der Waals surface area contributed by atoms with Crippen LogP contribution in [0.15, 0.2) is 18.2 Å². The number of carbonyl (C=O) groups is 1. The van der Waals surface area contributed by atoms with Gasteiger partial charge in [-0.15, -0.1) is 0 Å². The van der Waals surface area contributed by atoms with Gasteiger partial charge in [-0.1, -0.05) is 13.0 Å². The first-order valence-corrected chi connectivity index (χ1v) is 11.6. The SMILES string of the molecule is CCS(=O)(=O)CCC(N)C(=O)N1CCN(Cc2ccc3c(c2)OCCO3)CC1. The number of nitrogens with zero attached hydrogens (tertiary/aromatic N) is 2. The highest BCUT2D eigenvalue weighted by atomic mass is 32.2. The van der Waals surface area contributed by atoms with E-state index in [-0.39, 0.29) is 23.8 Å². The second kappa shape index (κ2) is 9.11. The van der Waals surface area contributed by atoms with Gasteiger partial charge in [0.15, 0.2) is 11.5 Å². The molecule has 0 radical (unpaired) electrons. The number of carbonyl (C=O) groups excluding carboxylic acids is 1. The number of nitrogens with two attached hydrogens (primary N) is 1. The van der Waals surface area contributed by atoms with Gasteiger partial charge in [0.25, 0.3) is 0 Å². The number of rotatable bonds is 7. The molecule has 0 aliphatic carbocycles. The molecule has 1 aromatic rings. The zero-order chi connectivity index (χ0) is 20.1. The first-order valence-electron chi connectivity index (χ1n) is 9.73. The molecule has 0 aromatic heterocycles. The molecule has 2 aliphatic heterocycles. The lowest BCUT2D eigenvalue weighted by molar-refractivity contribution is -0.134. The van der Waals surface area contributed by atoms with Crippen molar-refractivity contribution in [2.75, 3.05) is 50.9 Å². The fourth-order valence-corrected chi connectivity index (χ4v) is 4.28. The summed E-state index contributed by atoms with van der Waals surface area (Å²) < 4.78 is 34.4. The summed E-state index contributed by atoms with van der Waals surface area (Å²) in [5, 5.41) is 0. The van der Waals surface area contributed by atoms with Crippen LogP contribution in [0.3, 0.4) is 0 Å². The van der Waals surface area contributed by atoms with E-state index in [9.17, 15) is 13.2 Å². The molecule has 2 heterocycles. The van der Waals surface area contributed by atoms with Crippen LogP contribution in [-0.2, 0) is 21.2 Å². The highest BCUT2D eigenvalue weighted by Crippen LogP contribution is 2.31. The van der Waals surface area contributed by atoms with Gasteiger partial charge in [0.1, 0.15) is 23.1 Å². The Balaban J connectivity index is 1.47. The predicted octanol–water partition coefficient (Wildman–Crippen LogP) is 0.254. The molecule has 28 heavy (non-hydrogen) atoms. The van der Waals surface area contributed by atoms with E-state index < -0.39 is 15.9 Å². The largest absolute Gasteiger partial charge is 0.486 e. The Hall–Kier alpha value is -1.84. The number of amides is 1. The molecule has 3 rings (SSSR count). The monoisotopic (exact) mass is 411 g/mol. The van der Waals surface area contributed by atoms with Crippen LogP contribution in [-0.4, -0.2) is 81.1 Å². The third-order valence-corrected chi connectivity index (χ3v) is 6.93. The predicted molar refractivity (Wildman–Crippen MR) is 106 cm³/mol. The molecule has 1 saturated heterocycles. The van der Waals surface area contributed by atoms with E-state index in [0.717, 1.165) is 36.7 Å². The average Bonchev–Trinajstić information content (AvgIpc) is 2.72. The molecule has 2 aliphatic rings. The molecule has 1 amide bonds. The molecule has 0 saturated carbocycles. The smallest absolute Gasteiger partial charge is 0.239 e. The summed E-state index contributed by atoms with van der Waals surface area (Å²) in [7, 11) is -3.11. The third-order valence-electron chi connectivity index (χ3n) is 5.19. The number of fused-ring (bicyclic) bond motifs is 1. The zero-order valence-corrected chi connectivity index (χ0v) is 17.1. The molecule has 1 atom stereocenters. The first-order chi connectivity index (χ1) is 13.4. The van der Waals surface area contributed by atoms with Crippen LogP contribution in [0.25, 0.3) is 0 Å². The Morgan fingerprint density at radius 2 is 1.82 bits per heavy atom. The molecule has 1 fully saturated rings. The summed E-state index contributed by atoms with van der Waals surface area (Å²) in [5.41, 5.74) is 7.08. The standard InChI is InChI=1S/C19H29N3O5S/c1-2-28(24,25)12-5-16(20)19(23)22-8-6-21(7-9-22)14-15-3-4-17-18(13-15)27-11-10-26-17/h3-4,13,16H,2,5-12,14,20H2,1H3. The minimum absolute atomic E-state index is 0.0412. The molecule has 0 spiro atoms. The molecular weight excluding hydrogens is 382 g/mol. The molecule has 2 N–H and O–H groups in total. The number of sulfone groups is 1. The molecular formula is C19H29N3O5S. The van der Waals surface area contributed by atoms with Crippen LogP contribution in [0.2, 0.25) is 0 Å². The summed E-state index contributed by atoms with van der Waals surface area (Å²) in [6.45, 7) is 6.21. The Labute approximate surface area is 166 Å². The highest BCUT2D eigenvalue weighted by molar-refractivity contribution is 7.91. The van der Waals surface area contributed by atoms with Gasteiger partial charge < -0.3 is 20.1 Å². The molecule has 156 valence electrons. The fourth-order valence-electron chi connectivity index (χ4n) is 3.38. The van der Waals surface area contributed by atoms with E-state index in [1.807, 2.05) is 18.2 Å². The van der Waals surface area contributed by atoms with Crippen LogP contribution in [0.1, 0.15) is 18.9 Å². The quantitative estimate of drug-likeness (QED) is 0.686. The van der Waals surface area contributed by atoms with Gasteiger partial charge in [-0.05, 0) is 24.1 Å². The van der Waals surface area contributed by atoms with Crippen molar-refractivity contribution in [3.05, 3.63) is 23.8 Å². The first kappa shape index (κ1) is 20.9. The molecule has 9 heteroatoms. The lowest BCUT2D eigenvalue weighted by Crippen LogP contribution is -2.53. The van der Waals surface area contributed by atoms with Crippen molar-refractivity contribution in [3.8, 4) is 11.5 Å². The maximum absolute atomic E-state index is 12.5. The Morgan fingerprint density at radius 3 is 2.50 bits per heavy atom. The van der Waals surface area contributed by atoms with Gasteiger partial charge in [0.05, 0.1) is 11.8 Å². The van der Waals surface area contributed by atoms with Crippen LogP contribution in [0.4, 0.5) is 0 Å².